The second-order valence-corrected chi connectivity index (χ2v) is 6.84. The van der Waals surface area contributed by atoms with Crippen LogP contribution in [0.3, 0.4) is 0 Å². The van der Waals surface area contributed by atoms with E-state index in [0.717, 1.165) is 19.6 Å². The summed E-state index contributed by atoms with van der Waals surface area (Å²) < 4.78 is 0. The zero-order valence-electron chi connectivity index (χ0n) is 14.0. The maximum Gasteiger partial charge on any atom is 0.0473 e. The molecule has 2 atom stereocenters. The first-order valence-electron chi connectivity index (χ1n) is 8.25. The van der Waals surface area contributed by atoms with Gasteiger partial charge in [0.05, 0.1) is 0 Å². The van der Waals surface area contributed by atoms with Crippen LogP contribution >= 0.6 is 0 Å². The van der Waals surface area contributed by atoms with Gasteiger partial charge in [-0.3, -0.25) is 4.90 Å². The van der Waals surface area contributed by atoms with Gasteiger partial charge in [-0.25, -0.2) is 0 Å². The van der Waals surface area contributed by atoms with Gasteiger partial charge in [0.1, 0.15) is 0 Å². The molecule has 2 unspecified atom stereocenters. The van der Waals surface area contributed by atoms with Crippen LogP contribution in [0.5, 0.6) is 0 Å². The lowest BCUT2D eigenvalue weighted by Crippen LogP contribution is -2.54. The number of rotatable bonds is 6. The fourth-order valence-electron chi connectivity index (χ4n) is 3.12. The Balaban J connectivity index is 2.03. The van der Waals surface area contributed by atoms with Crippen molar-refractivity contribution in [3.63, 3.8) is 0 Å². The topological polar surface area (TPSA) is 18.5 Å². The van der Waals surface area contributed by atoms with Gasteiger partial charge in [0.15, 0.2) is 0 Å². The summed E-state index contributed by atoms with van der Waals surface area (Å²) in [7, 11) is 4.31. The van der Waals surface area contributed by atoms with E-state index in [0.29, 0.717) is 18.0 Å². The average Bonchev–Trinajstić information content (AvgIpc) is 2.47. The molecule has 21 heavy (non-hydrogen) atoms. The number of hydrogen-bond acceptors (Lipinski definition) is 3. The fourth-order valence-corrected chi connectivity index (χ4v) is 3.12. The number of piperazine rings is 1. The van der Waals surface area contributed by atoms with Gasteiger partial charge in [-0.2, -0.15) is 0 Å². The van der Waals surface area contributed by atoms with Gasteiger partial charge >= 0.3 is 0 Å². The van der Waals surface area contributed by atoms with Crippen LogP contribution < -0.4 is 5.32 Å². The number of nitrogens with zero attached hydrogens (tertiary/aromatic N) is 2. The average molecular weight is 289 g/mol. The van der Waals surface area contributed by atoms with E-state index in [-0.39, 0.29) is 0 Å². The minimum Gasteiger partial charge on any atom is -0.311 e. The zero-order chi connectivity index (χ0) is 15.2. The third-order valence-corrected chi connectivity index (χ3v) is 4.49. The summed E-state index contributed by atoms with van der Waals surface area (Å²) in [6.07, 6.45) is 1.24. The number of nitrogens with one attached hydrogen (secondary N) is 1. The van der Waals surface area contributed by atoms with Crippen LogP contribution in [0.2, 0.25) is 0 Å². The molecule has 0 radical (unpaired) electrons. The second kappa shape index (κ2) is 7.92. The van der Waals surface area contributed by atoms with E-state index >= 15 is 0 Å². The van der Waals surface area contributed by atoms with Crippen molar-refractivity contribution < 1.29 is 0 Å². The zero-order valence-corrected chi connectivity index (χ0v) is 14.0. The normalized spacial score (nSPS) is 23.9. The highest BCUT2D eigenvalue weighted by atomic mass is 15.2. The molecule has 0 bridgehead atoms. The van der Waals surface area contributed by atoms with E-state index in [1.165, 1.54) is 18.5 Å². The lowest BCUT2D eigenvalue weighted by atomic mass is 9.96. The van der Waals surface area contributed by atoms with Gasteiger partial charge in [0.25, 0.3) is 0 Å². The largest absolute Gasteiger partial charge is 0.311 e. The van der Waals surface area contributed by atoms with Crippen LogP contribution in [-0.2, 0) is 0 Å². The summed E-state index contributed by atoms with van der Waals surface area (Å²) in [5, 5.41) is 3.74. The molecule has 3 nitrogen and oxygen atoms in total. The third-order valence-electron chi connectivity index (χ3n) is 4.49. The molecule has 1 fully saturated rings. The van der Waals surface area contributed by atoms with Crippen LogP contribution in [0.1, 0.15) is 31.9 Å². The van der Waals surface area contributed by atoms with Crippen LogP contribution in [0, 0.1) is 5.92 Å². The first kappa shape index (κ1) is 16.5. The van der Waals surface area contributed by atoms with Crippen molar-refractivity contribution in [1.29, 1.82) is 0 Å². The summed E-state index contributed by atoms with van der Waals surface area (Å²) in [5.74, 6) is 0.693. The minimum absolute atomic E-state index is 0.517. The second-order valence-electron chi connectivity index (χ2n) is 6.84. The minimum atomic E-state index is 0.517. The van der Waals surface area contributed by atoms with E-state index in [2.05, 4.69) is 73.4 Å². The molecule has 1 aliphatic rings. The van der Waals surface area contributed by atoms with E-state index in [1.54, 1.807) is 0 Å². The van der Waals surface area contributed by atoms with Gasteiger partial charge in [0.2, 0.25) is 0 Å². The summed E-state index contributed by atoms with van der Waals surface area (Å²) >= 11 is 0. The molecule has 1 heterocycles. The molecule has 1 aromatic carbocycles. The van der Waals surface area contributed by atoms with Gasteiger partial charge in [-0.05, 0) is 38.5 Å². The van der Waals surface area contributed by atoms with Crippen molar-refractivity contribution in [3.05, 3.63) is 35.9 Å². The summed E-state index contributed by atoms with van der Waals surface area (Å²) in [4.78, 5) is 4.96. The monoisotopic (exact) mass is 289 g/mol. The molecule has 1 aromatic rings. The van der Waals surface area contributed by atoms with Crippen molar-refractivity contribution in [2.24, 2.45) is 5.92 Å². The lowest BCUT2D eigenvalue weighted by Gasteiger charge is -2.42. The highest BCUT2D eigenvalue weighted by molar-refractivity contribution is 5.20. The predicted molar refractivity (Wildman–Crippen MR) is 90.6 cm³/mol. The Morgan fingerprint density at radius 2 is 1.95 bits per heavy atom. The Morgan fingerprint density at radius 1 is 1.24 bits per heavy atom. The van der Waals surface area contributed by atoms with Crippen LogP contribution in [0.15, 0.2) is 30.3 Å². The summed E-state index contributed by atoms with van der Waals surface area (Å²) in [6, 6.07) is 12.1. The Morgan fingerprint density at radius 3 is 2.57 bits per heavy atom. The van der Waals surface area contributed by atoms with Gasteiger partial charge in [0, 0.05) is 31.7 Å². The highest BCUT2D eigenvalue weighted by Crippen LogP contribution is 2.25. The van der Waals surface area contributed by atoms with Crippen LogP contribution in [-0.4, -0.2) is 56.1 Å². The molecule has 0 saturated carbocycles. The summed E-state index contributed by atoms with van der Waals surface area (Å²) in [5.41, 5.74) is 1.44. The maximum absolute atomic E-state index is 3.74. The first-order chi connectivity index (χ1) is 10.1. The van der Waals surface area contributed by atoms with Gasteiger partial charge < -0.3 is 10.2 Å². The standard InChI is InChI=1S/C18H31N3/c1-15(2)17-14-21(12-8-11-20(3)4)18(13-19-17)16-9-6-5-7-10-16/h5-7,9-10,15,17-19H,8,11-14H2,1-4H3. The Bertz CT molecular complexity index is 402. The summed E-state index contributed by atoms with van der Waals surface area (Å²) in [6.45, 7) is 9.21. The van der Waals surface area contributed by atoms with E-state index in [9.17, 15) is 0 Å². The highest BCUT2D eigenvalue weighted by Gasteiger charge is 2.29. The molecule has 2 rings (SSSR count). The van der Waals surface area contributed by atoms with Gasteiger partial charge in [-0.1, -0.05) is 44.2 Å². The first-order valence-corrected chi connectivity index (χ1v) is 8.25. The van der Waals surface area contributed by atoms with Crippen LogP contribution in [0.4, 0.5) is 0 Å². The SMILES string of the molecule is CC(C)C1CN(CCCN(C)C)C(c2ccccc2)CN1. The quantitative estimate of drug-likeness (QED) is 0.868. The fraction of sp³-hybridized carbons (Fsp3) is 0.667. The van der Waals surface area contributed by atoms with E-state index < -0.39 is 0 Å². The van der Waals surface area contributed by atoms with Crippen molar-refractivity contribution in [2.75, 3.05) is 40.3 Å². The molecule has 3 heteroatoms. The van der Waals surface area contributed by atoms with Crippen molar-refractivity contribution in [1.82, 2.24) is 15.1 Å². The molecule has 0 spiro atoms. The Labute approximate surface area is 130 Å². The Kier molecular flexibility index (Phi) is 6.22. The number of hydrogen-bond donors (Lipinski definition) is 1. The molecule has 1 N–H and O–H groups in total. The Hall–Kier alpha value is -0.900. The molecule has 0 aromatic heterocycles. The molecular weight excluding hydrogens is 258 g/mol. The smallest absolute Gasteiger partial charge is 0.0473 e. The molecule has 1 saturated heterocycles. The third kappa shape index (κ3) is 4.80. The molecule has 118 valence electrons. The van der Waals surface area contributed by atoms with Crippen molar-refractivity contribution in [2.45, 2.75) is 32.4 Å². The van der Waals surface area contributed by atoms with E-state index in [4.69, 9.17) is 0 Å². The molecule has 1 aliphatic heterocycles. The lowest BCUT2D eigenvalue weighted by molar-refractivity contribution is 0.109. The predicted octanol–water partition coefficient (Wildman–Crippen LogP) is 2.61. The van der Waals surface area contributed by atoms with Crippen LogP contribution in [0.25, 0.3) is 0 Å². The van der Waals surface area contributed by atoms with Crippen molar-refractivity contribution >= 4 is 0 Å². The van der Waals surface area contributed by atoms with Gasteiger partial charge in [-0.15, -0.1) is 0 Å². The molecular formula is C18H31N3. The molecule has 0 amide bonds. The molecule has 0 aliphatic carbocycles. The van der Waals surface area contributed by atoms with E-state index in [1.807, 2.05) is 0 Å². The number of benzene rings is 1. The maximum atomic E-state index is 3.74. The van der Waals surface area contributed by atoms with Crippen molar-refractivity contribution in [3.8, 4) is 0 Å².